The predicted octanol–water partition coefficient (Wildman–Crippen LogP) is 3.82. The van der Waals surface area contributed by atoms with Crippen molar-refractivity contribution in [2.24, 2.45) is 5.41 Å². The van der Waals surface area contributed by atoms with Gasteiger partial charge in [-0.1, -0.05) is 58.9 Å². The van der Waals surface area contributed by atoms with Crippen LogP contribution < -0.4 is 5.32 Å². The summed E-state index contributed by atoms with van der Waals surface area (Å²) in [5, 5.41) is 3.60. The van der Waals surface area contributed by atoms with Crippen LogP contribution in [0.15, 0.2) is 24.3 Å². The average Bonchev–Trinajstić information content (AvgIpc) is 2.28. The number of hydrogen-bond donors (Lipinski definition) is 1. The molecule has 1 aromatic carbocycles. The van der Waals surface area contributed by atoms with Gasteiger partial charge in [-0.3, -0.25) is 0 Å². The van der Waals surface area contributed by atoms with Crippen molar-refractivity contribution in [1.29, 1.82) is 0 Å². The summed E-state index contributed by atoms with van der Waals surface area (Å²) in [5.74, 6) is 0. The Hall–Kier alpha value is -0.820. The number of nitrogens with one attached hydrogen (secondary N) is 1. The molecule has 0 saturated carbocycles. The van der Waals surface area contributed by atoms with Gasteiger partial charge in [0.25, 0.3) is 0 Å². The molecule has 0 aliphatic carbocycles. The van der Waals surface area contributed by atoms with E-state index in [1.54, 1.807) is 0 Å². The second-order valence-corrected chi connectivity index (χ2v) is 5.85. The van der Waals surface area contributed by atoms with Crippen molar-refractivity contribution in [3.8, 4) is 0 Å². The van der Waals surface area contributed by atoms with Gasteiger partial charge in [0.05, 0.1) is 0 Å². The molecular formula is C16H27N. The number of likely N-dealkylation sites (N-methyl/N-ethyl adjacent to an activating group) is 1. The lowest BCUT2D eigenvalue weighted by Crippen LogP contribution is -2.41. The molecule has 1 rings (SSSR count). The minimum atomic E-state index is 0.305. The van der Waals surface area contributed by atoms with Crippen molar-refractivity contribution in [1.82, 2.24) is 5.32 Å². The van der Waals surface area contributed by atoms with Crippen molar-refractivity contribution in [3.63, 3.8) is 0 Å². The number of benzene rings is 1. The lowest BCUT2D eigenvalue weighted by molar-refractivity contribution is 0.270. The number of rotatable bonds is 5. The molecule has 0 fully saturated rings. The third kappa shape index (κ3) is 4.51. The minimum Gasteiger partial charge on any atom is -0.313 e. The monoisotopic (exact) mass is 233 g/mol. The highest BCUT2D eigenvalue weighted by Gasteiger charge is 2.23. The molecular weight excluding hydrogens is 206 g/mol. The van der Waals surface area contributed by atoms with Crippen molar-refractivity contribution in [2.45, 2.75) is 53.5 Å². The van der Waals surface area contributed by atoms with E-state index < -0.39 is 0 Å². The first kappa shape index (κ1) is 14.2. The first-order valence-corrected chi connectivity index (χ1v) is 6.78. The molecule has 1 atom stereocenters. The summed E-state index contributed by atoms with van der Waals surface area (Å²) in [6.45, 7) is 12.3. The smallest absolute Gasteiger partial charge is 0.0156 e. The normalized spacial score (nSPS) is 13.7. The van der Waals surface area contributed by atoms with E-state index >= 15 is 0 Å². The van der Waals surface area contributed by atoms with E-state index in [2.05, 4.69) is 64.2 Å². The van der Waals surface area contributed by atoms with Gasteiger partial charge < -0.3 is 5.32 Å². The molecule has 1 N–H and O–H groups in total. The first-order valence-electron chi connectivity index (χ1n) is 6.78. The van der Waals surface area contributed by atoms with Gasteiger partial charge in [-0.2, -0.15) is 0 Å². The third-order valence-corrected chi connectivity index (χ3v) is 3.37. The molecule has 17 heavy (non-hydrogen) atoms. The summed E-state index contributed by atoms with van der Waals surface area (Å²) in [4.78, 5) is 0. The molecule has 1 unspecified atom stereocenters. The molecule has 0 spiro atoms. The largest absolute Gasteiger partial charge is 0.313 e. The molecule has 0 aromatic heterocycles. The van der Waals surface area contributed by atoms with Crippen LogP contribution >= 0.6 is 0 Å². The van der Waals surface area contributed by atoms with Gasteiger partial charge >= 0.3 is 0 Å². The highest BCUT2D eigenvalue weighted by molar-refractivity contribution is 5.23. The quantitative estimate of drug-likeness (QED) is 0.815. The SMILES string of the molecule is CCNC(Cc1ccc(CC)cc1)C(C)(C)C. The standard InChI is InChI=1S/C16H27N/c1-6-13-8-10-14(11-9-13)12-15(17-7-2)16(3,4)5/h8-11,15,17H,6-7,12H2,1-5H3. The van der Waals surface area contributed by atoms with Gasteiger partial charge in [0, 0.05) is 6.04 Å². The Morgan fingerprint density at radius 2 is 1.53 bits per heavy atom. The van der Waals surface area contributed by atoms with Gasteiger partial charge in [-0.15, -0.1) is 0 Å². The number of aryl methyl sites for hydroxylation is 1. The molecule has 0 bridgehead atoms. The van der Waals surface area contributed by atoms with E-state index in [4.69, 9.17) is 0 Å². The zero-order chi connectivity index (χ0) is 12.9. The zero-order valence-corrected chi connectivity index (χ0v) is 12.0. The Labute approximate surface area is 107 Å². The predicted molar refractivity (Wildman–Crippen MR) is 76.4 cm³/mol. The van der Waals surface area contributed by atoms with Crippen LogP contribution in [0.2, 0.25) is 0 Å². The zero-order valence-electron chi connectivity index (χ0n) is 12.0. The van der Waals surface area contributed by atoms with E-state index in [9.17, 15) is 0 Å². The van der Waals surface area contributed by atoms with Crippen molar-refractivity contribution in [2.75, 3.05) is 6.54 Å². The summed E-state index contributed by atoms with van der Waals surface area (Å²) in [5.41, 5.74) is 3.16. The van der Waals surface area contributed by atoms with E-state index in [1.807, 2.05) is 0 Å². The summed E-state index contributed by atoms with van der Waals surface area (Å²) < 4.78 is 0. The first-order chi connectivity index (χ1) is 7.97. The molecule has 0 aliphatic heterocycles. The Morgan fingerprint density at radius 3 is 1.94 bits per heavy atom. The Kier molecular flexibility index (Phi) is 5.20. The van der Waals surface area contributed by atoms with Crippen molar-refractivity contribution in [3.05, 3.63) is 35.4 Å². The van der Waals surface area contributed by atoms with Gasteiger partial charge in [0.1, 0.15) is 0 Å². The fourth-order valence-corrected chi connectivity index (χ4v) is 2.08. The summed E-state index contributed by atoms with van der Waals surface area (Å²) in [6, 6.07) is 9.59. The van der Waals surface area contributed by atoms with Crippen molar-refractivity contribution >= 4 is 0 Å². The van der Waals surface area contributed by atoms with Crippen LogP contribution in [-0.4, -0.2) is 12.6 Å². The fourth-order valence-electron chi connectivity index (χ4n) is 2.08. The highest BCUT2D eigenvalue weighted by atomic mass is 14.9. The molecule has 1 aromatic rings. The molecule has 96 valence electrons. The average molecular weight is 233 g/mol. The topological polar surface area (TPSA) is 12.0 Å². The summed E-state index contributed by atoms with van der Waals surface area (Å²) in [7, 11) is 0. The minimum absolute atomic E-state index is 0.305. The van der Waals surface area contributed by atoms with Gasteiger partial charge in [0.2, 0.25) is 0 Å². The van der Waals surface area contributed by atoms with Crippen LogP contribution in [0, 0.1) is 5.41 Å². The lowest BCUT2D eigenvalue weighted by Gasteiger charge is -2.31. The Morgan fingerprint density at radius 1 is 1.00 bits per heavy atom. The molecule has 0 heterocycles. The summed E-state index contributed by atoms with van der Waals surface area (Å²) in [6.07, 6.45) is 2.23. The molecule has 0 amide bonds. The van der Waals surface area contributed by atoms with Gasteiger partial charge in [-0.25, -0.2) is 0 Å². The molecule has 1 heteroatoms. The van der Waals surface area contributed by atoms with E-state index in [0.29, 0.717) is 11.5 Å². The maximum absolute atomic E-state index is 3.60. The maximum atomic E-state index is 3.60. The summed E-state index contributed by atoms with van der Waals surface area (Å²) >= 11 is 0. The van der Waals surface area contributed by atoms with Crippen LogP contribution in [0.5, 0.6) is 0 Å². The maximum Gasteiger partial charge on any atom is 0.0156 e. The second kappa shape index (κ2) is 6.20. The van der Waals surface area contributed by atoms with E-state index in [-0.39, 0.29) is 0 Å². The molecule has 1 nitrogen and oxygen atoms in total. The third-order valence-electron chi connectivity index (χ3n) is 3.37. The van der Waals surface area contributed by atoms with E-state index in [1.165, 1.54) is 11.1 Å². The Bertz CT molecular complexity index is 318. The van der Waals surface area contributed by atoms with Crippen LogP contribution in [-0.2, 0) is 12.8 Å². The molecule has 0 saturated heterocycles. The van der Waals surface area contributed by atoms with Crippen LogP contribution in [0.3, 0.4) is 0 Å². The van der Waals surface area contributed by atoms with E-state index in [0.717, 1.165) is 19.4 Å². The molecule has 0 aliphatic rings. The second-order valence-electron chi connectivity index (χ2n) is 5.85. The van der Waals surface area contributed by atoms with Crippen LogP contribution in [0.1, 0.15) is 45.7 Å². The Balaban J connectivity index is 2.72. The molecule has 0 radical (unpaired) electrons. The van der Waals surface area contributed by atoms with Crippen LogP contribution in [0.25, 0.3) is 0 Å². The van der Waals surface area contributed by atoms with Crippen LogP contribution in [0.4, 0.5) is 0 Å². The van der Waals surface area contributed by atoms with Crippen molar-refractivity contribution < 1.29 is 0 Å². The lowest BCUT2D eigenvalue weighted by atomic mass is 9.83. The number of hydrogen-bond acceptors (Lipinski definition) is 1. The fraction of sp³-hybridized carbons (Fsp3) is 0.625. The highest BCUT2D eigenvalue weighted by Crippen LogP contribution is 2.22. The van der Waals surface area contributed by atoms with Gasteiger partial charge in [0.15, 0.2) is 0 Å². The van der Waals surface area contributed by atoms with Gasteiger partial charge in [-0.05, 0) is 35.9 Å².